The Balaban J connectivity index is 3.48. The lowest BCUT2D eigenvalue weighted by molar-refractivity contribution is 0.0996. The molecule has 4 N–H and O–H groups in total. The molecule has 4 nitrogen and oxygen atoms in total. The van der Waals surface area contributed by atoms with Crippen LogP contribution in [0.2, 0.25) is 0 Å². The predicted octanol–water partition coefficient (Wildman–Crippen LogP) is 0.824. The molecule has 0 aliphatic heterocycles. The Hall–Kier alpha value is -1.78. The van der Waals surface area contributed by atoms with Crippen LogP contribution >= 0.6 is 0 Å². The molecule has 0 saturated heterocycles. The average Bonchev–Trinajstić information content (AvgIpc) is 2.14. The Morgan fingerprint density at radius 3 is 2.57 bits per heavy atom. The molecule has 0 atom stereocenters. The van der Waals surface area contributed by atoms with Crippen molar-refractivity contribution in [2.24, 2.45) is 5.73 Å². The van der Waals surface area contributed by atoms with Gasteiger partial charge in [0.2, 0.25) is 0 Å². The Bertz CT molecular complexity index is 391. The van der Waals surface area contributed by atoms with E-state index in [0.29, 0.717) is 11.3 Å². The maximum Gasteiger partial charge on any atom is 0.251 e. The molecule has 0 heterocycles. The molecule has 1 amide bonds. The molecule has 0 bridgehead atoms. The number of methoxy groups -OCH3 is 1. The normalized spacial score (nSPS) is 9.93. The van der Waals surface area contributed by atoms with Crippen LogP contribution in [0.1, 0.15) is 15.9 Å². The van der Waals surface area contributed by atoms with Gasteiger partial charge in [0.25, 0.3) is 5.91 Å². The number of anilines is 1. The van der Waals surface area contributed by atoms with Crippen LogP contribution in [0, 0.1) is 12.7 Å². The molecule has 14 heavy (non-hydrogen) atoms. The fourth-order valence-electron chi connectivity index (χ4n) is 1.14. The van der Waals surface area contributed by atoms with E-state index in [1.165, 1.54) is 13.2 Å². The molecule has 1 rings (SSSR count). The van der Waals surface area contributed by atoms with Crippen LogP contribution in [0.15, 0.2) is 6.07 Å². The fourth-order valence-corrected chi connectivity index (χ4v) is 1.14. The van der Waals surface area contributed by atoms with Gasteiger partial charge in [-0.05, 0) is 13.0 Å². The standard InChI is InChI=1S/C9H11FN2O2/c1-4-6(14-2)3-5(9(12)13)7(10)8(4)11/h3H,11H2,1-2H3,(H2,12,13). The summed E-state index contributed by atoms with van der Waals surface area (Å²) in [6, 6.07) is 1.24. The van der Waals surface area contributed by atoms with E-state index in [1.54, 1.807) is 6.92 Å². The number of benzene rings is 1. The van der Waals surface area contributed by atoms with Gasteiger partial charge in [-0.15, -0.1) is 0 Å². The van der Waals surface area contributed by atoms with Crippen molar-refractivity contribution in [1.82, 2.24) is 0 Å². The Morgan fingerprint density at radius 2 is 2.14 bits per heavy atom. The summed E-state index contributed by atoms with van der Waals surface area (Å²) in [5.74, 6) is -1.32. The van der Waals surface area contributed by atoms with Crippen LogP contribution in [-0.2, 0) is 0 Å². The number of hydrogen-bond donors (Lipinski definition) is 2. The van der Waals surface area contributed by atoms with Crippen LogP contribution in [0.25, 0.3) is 0 Å². The maximum atomic E-state index is 13.3. The third-order valence-electron chi connectivity index (χ3n) is 2.01. The second-order valence-corrected chi connectivity index (χ2v) is 2.84. The number of rotatable bonds is 2. The summed E-state index contributed by atoms with van der Waals surface area (Å²) >= 11 is 0. The van der Waals surface area contributed by atoms with Gasteiger partial charge in [0, 0.05) is 5.56 Å². The zero-order chi connectivity index (χ0) is 10.9. The van der Waals surface area contributed by atoms with Crippen molar-refractivity contribution in [2.45, 2.75) is 6.92 Å². The number of halogens is 1. The fraction of sp³-hybridized carbons (Fsp3) is 0.222. The number of primary amides is 1. The predicted molar refractivity (Wildman–Crippen MR) is 50.6 cm³/mol. The molecule has 0 aliphatic rings. The number of hydrogen-bond acceptors (Lipinski definition) is 3. The quantitative estimate of drug-likeness (QED) is 0.690. The van der Waals surface area contributed by atoms with Gasteiger partial charge in [-0.1, -0.05) is 0 Å². The van der Waals surface area contributed by atoms with Crippen LogP contribution in [-0.4, -0.2) is 13.0 Å². The molecule has 5 heteroatoms. The molecule has 0 spiro atoms. The number of carbonyl (C=O) groups excluding carboxylic acids is 1. The largest absolute Gasteiger partial charge is 0.496 e. The summed E-state index contributed by atoms with van der Waals surface area (Å²) in [6.07, 6.45) is 0. The molecule has 1 aromatic rings. The molecule has 76 valence electrons. The topological polar surface area (TPSA) is 78.3 Å². The smallest absolute Gasteiger partial charge is 0.251 e. The van der Waals surface area contributed by atoms with Gasteiger partial charge < -0.3 is 16.2 Å². The lowest BCUT2D eigenvalue weighted by atomic mass is 10.1. The highest BCUT2D eigenvalue weighted by Gasteiger charge is 2.16. The summed E-state index contributed by atoms with van der Waals surface area (Å²) in [6.45, 7) is 1.60. The van der Waals surface area contributed by atoms with E-state index in [2.05, 4.69) is 0 Å². The van der Waals surface area contributed by atoms with Crippen molar-refractivity contribution in [3.05, 3.63) is 23.0 Å². The SMILES string of the molecule is COc1cc(C(N)=O)c(F)c(N)c1C. The van der Waals surface area contributed by atoms with Gasteiger partial charge in [0.1, 0.15) is 5.75 Å². The van der Waals surface area contributed by atoms with Crippen molar-refractivity contribution >= 4 is 11.6 Å². The lowest BCUT2D eigenvalue weighted by Crippen LogP contribution is -2.15. The van der Waals surface area contributed by atoms with E-state index in [9.17, 15) is 9.18 Å². The van der Waals surface area contributed by atoms with Crippen LogP contribution in [0.4, 0.5) is 10.1 Å². The van der Waals surface area contributed by atoms with Gasteiger partial charge in [0.15, 0.2) is 5.82 Å². The van der Waals surface area contributed by atoms with E-state index in [1.807, 2.05) is 0 Å². The summed E-state index contributed by atoms with van der Waals surface area (Å²) < 4.78 is 18.3. The third kappa shape index (κ3) is 1.48. The molecule has 0 radical (unpaired) electrons. The number of nitrogens with two attached hydrogens (primary N) is 2. The average molecular weight is 198 g/mol. The molecular formula is C9H11FN2O2. The third-order valence-corrected chi connectivity index (χ3v) is 2.01. The number of amides is 1. The second-order valence-electron chi connectivity index (χ2n) is 2.84. The number of ether oxygens (including phenoxy) is 1. The minimum Gasteiger partial charge on any atom is -0.496 e. The highest BCUT2D eigenvalue weighted by molar-refractivity contribution is 5.95. The molecule has 0 saturated carbocycles. The summed E-state index contributed by atoms with van der Waals surface area (Å²) in [4.78, 5) is 10.8. The second kappa shape index (κ2) is 3.53. The first-order valence-corrected chi connectivity index (χ1v) is 3.91. The van der Waals surface area contributed by atoms with Crippen LogP contribution in [0.5, 0.6) is 5.75 Å². The maximum absolute atomic E-state index is 13.3. The van der Waals surface area contributed by atoms with E-state index >= 15 is 0 Å². The van der Waals surface area contributed by atoms with Crippen molar-refractivity contribution in [3.63, 3.8) is 0 Å². The van der Waals surface area contributed by atoms with Gasteiger partial charge >= 0.3 is 0 Å². The molecule has 0 unspecified atom stereocenters. The minimum atomic E-state index is -0.868. The minimum absolute atomic E-state index is 0.113. The number of nitrogen functional groups attached to an aromatic ring is 1. The first-order chi connectivity index (χ1) is 6.49. The molecule has 0 aliphatic carbocycles. The molecule has 0 aromatic heterocycles. The van der Waals surface area contributed by atoms with E-state index < -0.39 is 11.7 Å². The Morgan fingerprint density at radius 1 is 1.57 bits per heavy atom. The van der Waals surface area contributed by atoms with E-state index in [0.717, 1.165) is 0 Å². The summed E-state index contributed by atoms with van der Waals surface area (Å²) in [7, 11) is 1.41. The Labute approximate surface area is 80.6 Å². The summed E-state index contributed by atoms with van der Waals surface area (Å²) in [5, 5.41) is 0. The van der Waals surface area contributed by atoms with Gasteiger partial charge in [-0.2, -0.15) is 0 Å². The van der Waals surface area contributed by atoms with E-state index in [-0.39, 0.29) is 11.3 Å². The van der Waals surface area contributed by atoms with E-state index in [4.69, 9.17) is 16.2 Å². The zero-order valence-electron chi connectivity index (χ0n) is 7.93. The highest BCUT2D eigenvalue weighted by atomic mass is 19.1. The number of carbonyl (C=O) groups is 1. The van der Waals surface area contributed by atoms with Gasteiger partial charge in [-0.25, -0.2) is 4.39 Å². The van der Waals surface area contributed by atoms with Crippen molar-refractivity contribution in [2.75, 3.05) is 12.8 Å². The van der Waals surface area contributed by atoms with Crippen molar-refractivity contribution in [1.29, 1.82) is 0 Å². The van der Waals surface area contributed by atoms with Crippen LogP contribution < -0.4 is 16.2 Å². The highest BCUT2D eigenvalue weighted by Crippen LogP contribution is 2.28. The molecule has 1 aromatic carbocycles. The zero-order valence-corrected chi connectivity index (χ0v) is 7.93. The van der Waals surface area contributed by atoms with Gasteiger partial charge in [0.05, 0.1) is 18.4 Å². The van der Waals surface area contributed by atoms with Gasteiger partial charge in [-0.3, -0.25) is 4.79 Å². The van der Waals surface area contributed by atoms with Crippen molar-refractivity contribution < 1.29 is 13.9 Å². The lowest BCUT2D eigenvalue weighted by Gasteiger charge is -2.10. The summed E-state index contributed by atoms with van der Waals surface area (Å²) in [5.41, 5.74) is 10.5. The first-order valence-electron chi connectivity index (χ1n) is 3.91. The van der Waals surface area contributed by atoms with Crippen molar-refractivity contribution in [3.8, 4) is 5.75 Å². The molecule has 0 fully saturated rings. The Kier molecular flexibility index (Phi) is 2.60. The molecular weight excluding hydrogens is 187 g/mol. The van der Waals surface area contributed by atoms with Crippen LogP contribution in [0.3, 0.4) is 0 Å². The monoisotopic (exact) mass is 198 g/mol. The first kappa shape index (κ1) is 10.3.